The van der Waals surface area contributed by atoms with Crippen molar-refractivity contribution in [2.45, 2.75) is 63.7 Å². The number of nitrogens with one attached hydrogen (secondary N) is 1. The van der Waals surface area contributed by atoms with Gasteiger partial charge in [-0.05, 0) is 54.1 Å². The van der Waals surface area contributed by atoms with Gasteiger partial charge in [-0.25, -0.2) is 0 Å². The molecule has 0 spiro atoms. The molecule has 0 aromatic carbocycles. The second-order valence-corrected chi connectivity index (χ2v) is 7.33. The fraction of sp³-hybridized carbons (Fsp3) is 0.688. The fourth-order valence-corrected chi connectivity index (χ4v) is 4.23. The number of nitrogens with zero attached hydrogens (tertiary/aromatic N) is 2. The van der Waals surface area contributed by atoms with Gasteiger partial charge in [-0.15, -0.1) is 0 Å². The maximum Gasteiger partial charge on any atom is 0.270 e. The van der Waals surface area contributed by atoms with Crippen molar-refractivity contribution in [3.05, 3.63) is 22.4 Å². The van der Waals surface area contributed by atoms with Gasteiger partial charge in [-0.1, -0.05) is 6.92 Å². The Bertz CT molecular complexity index is 516. The Hall–Kier alpha value is -0.810. The fourth-order valence-electron chi connectivity index (χ4n) is 3.77. The minimum atomic E-state index is 0.153. The molecule has 21 heavy (non-hydrogen) atoms. The standard InChI is InChI=1S/C16H24BrN3O/c1-3-6-20-10-11(17)7-15(20)16(21)19(2)14-8-12-4-5-13(9-14)18-12/h7,10,12-14,18H,3-6,8-9H2,1-2H3. The van der Waals surface area contributed by atoms with E-state index < -0.39 is 0 Å². The van der Waals surface area contributed by atoms with Gasteiger partial charge in [-0.2, -0.15) is 0 Å². The smallest absolute Gasteiger partial charge is 0.270 e. The summed E-state index contributed by atoms with van der Waals surface area (Å²) in [6.45, 7) is 3.02. The van der Waals surface area contributed by atoms with E-state index in [1.54, 1.807) is 0 Å². The van der Waals surface area contributed by atoms with Crippen LogP contribution in [-0.4, -0.2) is 40.5 Å². The maximum absolute atomic E-state index is 12.9. The summed E-state index contributed by atoms with van der Waals surface area (Å²) in [6.07, 6.45) is 7.75. The topological polar surface area (TPSA) is 37.3 Å². The van der Waals surface area contributed by atoms with Crippen LogP contribution in [0.3, 0.4) is 0 Å². The summed E-state index contributed by atoms with van der Waals surface area (Å²) in [7, 11) is 1.97. The first-order chi connectivity index (χ1) is 10.1. The van der Waals surface area contributed by atoms with Crippen molar-refractivity contribution in [1.82, 2.24) is 14.8 Å². The lowest BCUT2D eigenvalue weighted by Crippen LogP contribution is -2.49. The minimum Gasteiger partial charge on any atom is -0.342 e. The van der Waals surface area contributed by atoms with Gasteiger partial charge in [0.05, 0.1) is 0 Å². The lowest BCUT2D eigenvalue weighted by molar-refractivity contribution is 0.0670. The molecule has 3 rings (SSSR count). The summed E-state index contributed by atoms with van der Waals surface area (Å²) in [5.74, 6) is 0.153. The predicted octanol–water partition coefficient (Wildman–Crippen LogP) is 3.02. The van der Waals surface area contributed by atoms with Crippen molar-refractivity contribution in [2.75, 3.05) is 7.05 Å². The zero-order valence-corrected chi connectivity index (χ0v) is 14.4. The highest BCUT2D eigenvalue weighted by atomic mass is 79.9. The van der Waals surface area contributed by atoms with E-state index in [1.807, 2.05) is 24.2 Å². The number of carbonyl (C=O) groups is 1. The molecule has 4 nitrogen and oxygen atoms in total. The number of hydrogen-bond donors (Lipinski definition) is 1. The van der Waals surface area contributed by atoms with E-state index >= 15 is 0 Å². The van der Waals surface area contributed by atoms with Crippen LogP contribution in [0.25, 0.3) is 0 Å². The molecule has 0 radical (unpaired) electrons. The van der Waals surface area contributed by atoms with Crippen LogP contribution in [-0.2, 0) is 6.54 Å². The van der Waals surface area contributed by atoms with Gasteiger partial charge in [0.2, 0.25) is 0 Å². The van der Waals surface area contributed by atoms with Gasteiger partial charge in [0.15, 0.2) is 0 Å². The van der Waals surface area contributed by atoms with E-state index in [1.165, 1.54) is 12.8 Å². The van der Waals surface area contributed by atoms with Gasteiger partial charge < -0.3 is 14.8 Å². The first-order valence-electron chi connectivity index (χ1n) is 7.97. The average molecular weight is 354 g/mol. The summed E-state index contributed by atoms with van der Waals surface area (Å²) in [5.41, 5.74) is 0.803. The van der Waals surface area contributed by atoms with E-state index in [0.717, 1.165) is 36.0 Å². The van der Waals surface area contributed by atoms with E-state index in [9.17, 15) is 4.79 Å². The van der Waals surface area contributed by atoms with Crippen LogP contribution in [0.2, 0.25) is 0 Å². The molecule has 2 fully saturated rings. The molecule has 5 heteroatoms. The first kappa shape index (κ1) is 15.1. The van der Waals surface area contributed by atoms with Crippen molar-refractivity contribution in [2.24, 2.45) is 0 Å². The lowest BCUT2D eigenvalue weighted by atomic mass is 9.98. The molecule has 1 N–H and O–H groups in total. The van der Waals surface area contributed by atoms with Crippen LogP contribution in [0.1, 0.15) is 49.5 Å². The monoisotopic (exact) mass is 353 g/mol. The highest BCUT2D eigenvalue weighted by Gasteiger charge is 2.36. The summed E-state index contributed by atoms with van der Waals surface area (Å²) < 4.78 is 3.05. The highest BCUT2D eigenvalue weighted by Crippen LogP contribution is 2.30. The molecule has 3 heterocycles. The van der Waals surface area contributed by atoms with Crippen LogP contribution >= 0.6 is 15.9 Å². The number of aromatic nitrogens is 1. The molecule has 1 aromatic rings. The molecular weight excluding hydrogens is 330 g/mol. The number of rotatable bonds is 4. The number of halogens is 1. The summed E-state index contributed by atoms with van der Waals surface area (Å²) in [6, 6.07) is 3.54. The lowest BCUT2D eigenvalue weighted by Gasteiger charge is -2.35. The average Bonchev–Trinajstić information content (AvgIpc) is 3.00. The summed E-state index contributed by atoms with van der Waals surface area (Å²) in [5, 5.41) is 3.64. The van der Waals surface area contributed by atoms with E-state index in [4.69, 9.17) is 0 Å². The predicted molar refractivity (Wildman–Crippen MR) is 87.5 cm³/mol. The Kier molecular flexibility index (Phi) is 4.41. The molecule has 0 aliphatic carbocycles. The van der Waals surface area contributed by atoms with Crippen LogP contribution in [0.4, 0.5) is 0 Å². The number of fused-ring (bicyclic) bond motifs is 2. The number of aryl methyl sites for hydroxylation is 1. The third kappa shape index (κ3) is 3.04. The van der Waals surface area contributed by atoms with Crippen molar-refractivity contribution in [3.63, 3.8) is 0 Å². The van der Waals surface area contributed by atoms with Gasteiger partial charge in [0.25, 0.3) is 5.91 Å². The SMILES string of the molecule is CCCn1cc(Br)cc1C(=O)N(C)C1CC2CCC(C1)N2. The molecule has 2 aliphatic rings. The van der Waals surface area contributed by atoms with Gasteiger partial charge in [0.1, 0.15) is 5.69 Å². The molecular formula is C16H24BrN3O. The van der Waals surface area contributed by atoms with Crippen molar-refractivity contribution in [1.29, 1.82) is 0 Å². The van der Waals surface area contributed by atoms with Crippen LogP contribution in [0.15, 0.2) is 16.7 Å². The number of amides is 1. The molecule has 2 atom stereocenters. The van der Waals surface area contributed by atoms with Gasteiger partial charge >= 0.3 is 0 Å². The van der Waals surface area contributed by atoms with Crippen LogP contribution < -0.4 is 5.32 Å². The second-order valence-electron chi connectivity index (χ2n) is 6.42. The number of piperidine rings is 1. The first-order valence-corrected chi connectivity index (χ1v) is 8.76. The molecule has 1 aromatic heterocycles. The summed E-state index contributed by atoms with van der Waals surface area (Å²) >= 11 is 3.49. The third-order valence-electron chi connectivity index (χ3n) is 4.86. The molecule has 2 unspecified atom stereocenters. The number of hydrogen-bond acceptors (Lipinski definition) is 2. The second kappa shape index (κ2) is 6.13. The molecule has 116 valence electrons. The Morgan fingerprint density at radius 1 is 1.43 bits per heavy atom. The number of carbonyl (C=O) groups excluding carboxylic acids is 1. The Labute approximate surface area is 135 Å². The van der Waals surface area contributed by atoms with E-state index in [-0.39, 0.29) is 5.91 Å². The highest BCUT2D eigenvalue weighted by molar-refractivity contribution is 9.10. The van der Waals surface area contributed by atoms with E-state index in [0.29, 0.717) is 18.1 Å². The maximum atomic E-state index is 12.9. The Morgan fingerprint density at radius 3 is 2.71 bits per heavy atom. The zero-order valence-electron chi connectivity index (χ0n) is 12.8. The largest absolute Gasteiger partial charge is 0.342 e. The molecule has 2 bridgehead atoms. The normalized spacial score (nSPS) is 27.9. The molecule has 1 amide bonds. The minimum absolute atomic E-state index is 0.153. The third-order valence-corrected chi connectivity index (χ3v) is 5.30. The Morgan fingerprint density at radius 2 is 2.10 bits per heavy atom. The van der Waals surface area contributed by atoms with Crippen molar-refractivity contribution < 1.29 is 4.79 Å². The van der Waals surface area contributed by atoms with Crippen molar-refractivity contribution >= 4 is 21.8 Å². The zero-order chi connectivity index (χ0) is 15.0. The Balaban J connectivity index is 1.75. The van der Waals surface area contributed by atoms with Gasteiger partial charge in [-0.3, -0.25) is 4.79 Å². The molecule has 0 saturated carbocycles. The molecule has 2 aliphatic heterocycles. The van der Waals surface area contributed by atoms with Gasteiger partial charge in [0, 0.05) is 42.4 Å². The quantitative estimate of drug-likeness (QED) is 0.903. The molecule has 2 saturated heterocycles. The van der Waals surface area contributed by atoms with Crippen molar-refractivity contribution in [3.8, 4) is 0 Å². The van der Waals surface area contributed by atoms with Crippen LogP contribution in [0, 0.1) is 0 Å². The van der Waals surface area contributed by atoms with E-state index in [2.05, 4.69) is 32.7 Å². The van der Waals surface area contributed by atoms with Crippen LogP contribution in [0.5, 0.6) is 0 Å². The summed E-state index contributed by atoms with van der Waals surface area (Å²) in [4.78, 5) is 14.8.